The zero-order valence-electron chi connectivity index (χ0n) is 18.9. The molecule has 178 valence electrons. The largest absolute Gasteiger partial charge is 0.482 e. The highest BCUT2D eigenvalue weighted by atomic mass is 35.5. The number of likely N-dealkylation sites (tertiary alicyclic amines) is 1. The minimum atomic E-state index is -0.288. The number of carbonyl (C=O) groups is 3. The van der Waals surface area contributed by atoms with E-state index in [9.17, 15) is 14.4 Å². The molecule has 0 spiro atoms. The number of piperazine rings is 1. The van der Waals surface area contributed by atoms with Crippen molar-refractivity contribution in [3.8, 4) is 5.75 Å². The van der Waals surface area contributed by atoms with Crippen LogP contribution in [0.25, 0.3) is 0 Å². The van der Waals surface area contributed by atoms with E-state index in [4.69, 9.17) is 16.3 Å². The lowest BCUT2D eigenvalue weighted by atomic mass is 10.1. The third-order valence-electron chi connectivity index (χ3n) is 6.64. The van der Waals surface area contributed by atoms with Gasteiger partial charge in [-0.2, -0.15) is 0 Å². The molecule has 2 saturated heterocycles. The quantitative estimate of drug-likeness (QED) is 0.670. The lowest BCUT2D eigenvalue weighted by Crippen LogP contribution is -2.53. The van der Waals surface area contributed by atoms with Gasteiger partial charge >= 0.3 is 0 Å². The Bertz CT molecular complexity index is 1110. The van der Waals surface area contributed by atoms with Crippen molar-refractivity contribution in [3.05, 3.63) is 53.1 Å². The number of rotatable bonds is 4. The van der Waals surface area contributed by atoms with E-state index in [-0.39, 0.29) is 30.9 Å². The zero-order chi connectivity index (χ0) is 23.7. The molecule has 8 nitrogen and oxygen atoms in total. The first kappa shape index (κ1) is 22.5. The molecule has 2 aromatic carbocycles. The Morgan fingerprint density at radius 1 is 0.912 bits per heavy atom. The van der Waals surface area contributed by atoms with E-state index < -0.39 is 0 Å². The van der Waals surface area contributed by atoms with Gasteiger partial charge in [-0.3, -0.25) is 19.3 Å². The number of fused-ring (bicyclic) bond motifs is 1. The van der Waals surface area contributed by atoms with Gasteiger partial charge in [0.1, 0.15) is 12.3 Å². The van der Waals surface area contributed by atoms with Crippen LogP contribution in [0.1, 0.15) is 23.2 Å². The maximum absolute atomic E-state index is 13.1. The molecule has 0 atom stereocenters. The summed E-state index contributed by atoms with van der Waals surface area (Å²) in [6, 6.07) is 12.8. The molecule has 3 aliphatic heterocycles. The van der Waals surface area contributed by atoms with Gasteiger partial charge in [-0.1, -0.05) is 17.7 Å². The first-order valence-corrected chi connectivity index (χ1v) is 12.0. The second kappa shape index (κ2) is 9.54. The summed E-state index contributed by atoms with van der Waals surface area (Å²) in [6.07, 6.45) is 2.01. The Balaban J connectivity index is 1.27. The van der Waals surface area contributed by atoms with Crippen LogP contribution in [0.3, 0.4) is 0 Å². The summed E-state index contributed by atoms with van der Waals surface area (Å²) < 4.78 is 5.57. The third kappa shape index (κ3) is 4.55. The number of carbonyl (C=O) groups excluding carboxylic acids is 3. The maximum Gasteiger partial charge on any atom is 0.265 e. The summed E-state index contributed by atoms with van der Waals surface area (Å²) in [5.74, 6) is 0.0466. The molecular formula is C25H27ClN4O4. The van der Waals surface area contributed by atoms with Gasteiger partial charge in [0.25, 0.3) is 11.8 Å². The van der Waals surface area contributed by atoms with Gasteiger partial charge in [-0.25, -0.2) is 0 Å². The van der Waals surface area contributed by atoms with Gasteiger partial charge in [-0.05, 0) is 49.2 Å². The molecule has 2 fully saturated rings. The highest BCUT2D eigenvalue weighted by Crippen LogP contribution is 2.33. The van der Waals surface area contributed by atoms with Gasteiger partial charge in [0.05, 0.1) is 5.69 Å². The van der Waals surface area contributed by atoms with E-state index in [2.05, 4.69) is 4.90 Å². The van der Waals surface area contributed by atoms with E-state index in [0.717, 1.165) is 31.6 Å². The molecule has 3 amide bonds. The van der Waals surface area contributed by atoms with Crippen LogP contribution in [0.15, 0.2) is 42.5 Å². The van der Waals surface area contributed by atoms with Crippen molar-refractivity contribution in [1.29, 1.82) is 0 Å². The molecule has 2 aromatic rings. The van der Waals surface area contributed by atoms with Crippen molar-refractivity contribution in [2.75, 3.05) is 62.2 Å². The topological polar surface area (TPSA) is 73.4 Å². The van der Waals surface area contributed by atoms with Crippen molar-refractivity contribution in [2.24, 2.45) is 0 Å². The molecule has 0 radical (unpaired) electrons. The molecule has 34 heavy (non-hydrogen) atoms. The second-order valence-electron chi connectivity index (χ2n) is 8.80. The van der Waals surface area contributed by atoms with E-state index in [1.807, 2.05) is 29.2 Å². The standard InChI is InChI=1S/C25H27ClN4O4/c26-19-4-3-5-20(15-19)27-10-12-28(13-11-27)23(31)16-30-21-14-18(25(33)29-8-1-2-9-29)6-7-22(21)34-17-24(30)32/h3-7,14-15H,1-2,8-13,16-17H2. The highest BCUT2D eigenvalue weighted by molar-refractivity contribution is 6.30. The van der Waals surface area contributed by atoms with Gasteiger partial charge < -0.3 is 19.4 Å². The van der Waals surface area contributed by atoms with E-state index in [1.165, 1.54) is 4.90 Å². The average Bonchev–Trinajstić information content (AvgIpc) is 3.40. The number of benzene rings is 2. The van der Waals surface area contributed by atoms with Crippen LogP contribution in [0.5, 0.6) is 5.75 Å². The molecule has 0 aliphatic carbocycles. The predicted octanol–water partition coefficient (Wildman–Crippen LogP) is 2.65. The number of ether oxygens (including phenoxy) is 1. The van der Waals surface area contributed by atoms with Crippen molar-refractivity contribution < 1.29 is 19.1 Å². The molecule has 0 N–H and O–H groups in total. The van der Waals surface area contributed by atoms with Crippen LogP contribution in [-0.4, -0.2) is 79.9 Å². The number of halogens is 1. The summed E-state index contributed by atoms with van der Waals surface area (Å²) in [5, 5.41) is 0.683. The Kier molecular flexibility index (Phi) is 6.32. The van der Waals surface area contributed by atoms with Crippen LogP contribution in [0.2, 0.25) is 5.02 Å². The second-order valence-corrected chi connectivity index (χ2v) is 9.23. The SMILES string of the molecule is O=C(CN1C(=O)COc2ccc(C(=O)N3CCCC3)cc21)N1CCN(c2cccc(Cl)c2)CC1. The van der Waals surface area contributed by atoms with Crippen molar-refractivity contribution >= 4 is 40.7 Å². The Labute approximate surface area is 203 Å². The summed E-state index contributed by atoms with van der Waals surface area (Å²) in [6.45, 7) is 3.79. The van der Waals surface area contributed by atoms with Crippen LogP contribution in [0.4, 0.5) is 11.4 Å². The zero-order valence-corrected chi connectivity index (χ0v) is 19.7. The Hall–Kier alpha value is -3.26. The molecule has 0 bridgehead atoms. The number of amides is 3. The van der Waals surface area contributed by atoms with Gasteiger partial charge in [0, 0.05) is 55.5 Å². The Morgan fingerprint density at radius 3 is 2.41 bits per heavy atom. The smallest absolute Gasteiger partial charge is 0.265 e. The number of hydrogen-bond acceptors (Lipinski definition) is 5. The molecule has 0 saturated carbocycles. The van der Waals surface area contributed by atoms with E-state index in [1.54, 1.807) is 23.1 Å². The van der Waals surface area contributed by atoms with Crippen LogP contribution < -0.4 is 14.5 Å². The monoisotopic (exact) mass is 482 g/mol. The van der Waals surface area contributed by atoms with Crippen molar-refractivity contribution in [1.82, 2.24) is 9.80 Å². The molecule has 3 aliphatic rings. The molecule has 3 heterocycles. The lowest BCUT2D eigenvalue weighted by molar-refractivity contribution is -0.132. The van der Waals surface area contributed by atoms with Gasteiger partial charge in [0.15, 0.2) is 6.61 Å². The summed E-state index contributed by atoms with van der Waals surface area (Å²) in [5.41, 5.74) is 2.02. The number of nitrogens with zero attached hydrogens (tertiary/aromatic N) is 4. The predicted molar refractivity (Wildman–Crippen MR) is 130 cm³/mol. The summed E-state index contributed by atoms with van der Waals surface area (Å²) in [4.78, 5) is 45.9. The number of hydrogen-bond donors (Lipinski definition) is 0. The molecule has 0 aromatic heterocycles. The normalized spacial score (nSPS) is 18.1. The van der Waals surface area contributed by atoms with Crippen molar-refractivity contribution in [2.45, 2.75) is 12.8 Å². The number of anilines is 2. The minimum absolute atomic E-state index is 0.0539. The molecular weight excluding hydrogens is 456 g/mol. The van der Waals surface area contributed by atoms with Gasteiger partial charge in [-0.15, -0.1) is 0 Å². The fraction of sp³-hybridized carbons (Fsp3) is 0.400. The Morgan fingerprint density at radius 2 is 1.68 bits per heavy atom. The fourth-order valence-corrected chi connectivity index (χ4v) is 4.92. The maximum atomic E-state index is 13.1. The van der Waals surface area contributed by atoms with Crippen LogP contribution in [-0.2, 0) is 9.59 Å². The van der Waals surface area contributed by atoms with Crippen LogP contribution >= 0.6 is 11.6 Å². The van der Waals surface area contributed by atoms with Crippen LogP contribution in [0, 0.1) is 0 Å². The fourth-order valence-electron chi connectivity index (χ4n) is 4.73. The lowest BCUT2D eigenvalue weighted by Gasteiger charge is -2.37. The highest BCUT2D eigenvalue weighted by Gasteiger charge is 2.31. The van der Waals surface area contributed by atoms with E-state index >= 15 is 0 Å². The molecule has 0 unspecified atom stereocenters. The van der Waals surface area contributed by atoms with E-state index in [0.29, 0.717) is 48.2 Å². The first-order valence-electron chi connectivity index (χ1n) is 11.6. The summed E-state index contributed by atoms with van der Waals surface area (Å²) in [7, 11) is 0. The van der Waals surface area contributed by atoms with Crippen molar-refractivity contribution in [3.63, 3.8) is 0 Å². The third-order valence-corrected chi connectivity index (χ3v) is 6.88. The summed E-state index contributed by atoms with van der Waals surface area (Å²) >= 11 is 6.11. The minimum Gasteiger partial charge on any atom is -0.482 e. The molecule has 9 heteroatoms. The first-order chi connectivity index (χ1) is 16.5. The van der Waals surface area contributed by atoms with Gasteiger partial charge in [0.2, 0.25) is 5.91 Å². The molecule has 5 rings (SSSR count). The average molecular weight is 483 g/mol.